The maximum Gasteiger partial charge on any atom is 0.252 e. The van der Waals surface area contributed by atoms with Crippen molar-refractivity contribution in [2.45, 2.75) is 31.5 Å². The Labute approximate surface area is 148 Å². The Balaban J connectivity index is 0.00000264. The van der Waals surface area contributed by atoms with E-state index in [2.05, 4.69) is 10.6 Å². The molecule has 1 heterocycles. The van der Waals surface area contributed by atoms with E-state index in [1.807, 2.05) is 25.1 Å². The van der Waals surface area contributed by atoms with E-state index in [1.165, 1.54) is 0 Å². The lowest BCUT2D eigenvalue weighted by Gasteiger charge is -2.35. The first-order chi connectivity index (χ1) is 10.6. The van der Waals surface area contributed by atoms with Gasteiger partial charge >= 0.3 is 0 Å². The summed E-state index contributed by atoms with van der Waals surface area (Å²) in [5.74, 6) is 0.542. The normalized spacial score (nSPS) is 17.7. The van der Waals surface area contributed by atoms with Gasteiger partial charge < -0.3 is 20.1 Å². The average Bonchev–Trinajstić information content (AvgIpc) is 2.55. The lowest BCUT2D eigenvalue weighted by atomic mass is 9.91. The third-order valence-corrected chi connectivity index (χ3v) is 4.24. The van der Waals surface area contributed by atoms with Crippen molar-refractivity contribution in [2.75, 3.05) is 26.7 Å². The number of amides is 1. The largest absolute Gasteiger partial charge is 0.487 e. The second-order valence-corrected chi connectivity index (χ2v) is 5.92. The summed E-state index contributed by atoms with van der Waals surface area (Å²) in [5, 5.41) is 6.72. The fourth-order valence-electron chi connectivity index (χ4n) is 2.55. The first-order valence-corrected chi connectivity index (χ1v) is 7.90. The monoisotopic (exact) mass is 362 g/mol. The van der Waals surface area contributed by atoms with Gasteiger partial charge in [-0.1, -0.05) is 23.7 Å². The quantitative estimate of drug-likeness (QED) is 0.815. The SMILES string of the molecule is COC1(C(=O)NCC(C)Oc2ccccc2Cl)CCNCC1.Cl. The van der Waals surface area contributed by atoms with Crippen molar-refractivity contribution in [1.29, 1.82) is 0 Å². The molecule has 1 aliphatic heterocycles. The number of hydrogen-bond donors (Lipinski definition) is 2. The van der Waals surface area contributed by atoms with Crippen LogP contribution in [0.5, 0.6) is 5.75 Å². The van der Waals surface area contributed by atoms with E-state index >= 15 is 0 Å². The van der Waals surface area contributed by atoms with Crippen LogP contribution in [0.25, 0.3) is 0 Å². The molecule has 2 rings (SSSR count). The van der Waals surface area contributed by atoms with Crippen molar-refractivity contribution < 1.29 is 14.3 Å². The molecule has 1 aliphatic rings. The van der Waals surface area contributed by atoms with Crippen LogP contribution >= 0.6 is 24.0 Å². The first-order valence-electron chi connectivity index (χ1n) is 7.53. The van der Waals surface area contributed by atoms with Crippen molar-refractivity contribution in [2.24, 2.45) is 0 Å². The molecule has 1 aromatic carbocycles. The number of para-hydroxylation sites is 1. The Morgan fingerprint density at radius 3 is 2.65 bits per heavy atom. The lowest BCUT2D eigenvalue weighted by Crippen LogP contribution is -2.55. The van der Waals surface area contributed by atoms with Gasteiger partial charge in [-0.3, -0.25) is 4.79 Å². The van der Waals surface area contributed by atoms with Crippen LogP contribution in [0.4, 0.5) is 0 Å². The molecule has 1 fully saturated rings. The molecular formula is C16H24Cl2N2O3. The summed E-state index contributed by atoms with van der Waals surface area (Å²) in [6, 6.07) is 7.30. The van der Waals surface area contributed by atoms with Crippen molar-refractivity contribution in [1.82, 2.24) is 10.6 Å². The highest BCUT2D eigenvalue weighted by atomic mass is 35.5. The summed E-state index contributed by atoms with van der Waals surface area (Å²) in [5.41, 5.74) is -0.727. The smallest absolute Gasteiger partial charge is 0.252 e. The third-order valence-electron chi connectivity index (χ3n) is 3.93. The van der Waals surface area contributed by atoms with Crippen molar-refractivity contribution in [3.8, 4) is 5.75 Å². The predicted molar refractivity (Wildman–Crippen MR) is 93.6 cm³/mol. The van der Waals surface area contributed by atoms with Gasteiger partial charge in [0.05, 0.1) is 11.6 Å². The fourth-order valence-corrected chi connectivity index (χ4v) is 2.73. The second-order valence-electron chi connectivity index (χ2n) is 5.52. The molecule has 7 heteroatoms. The molecule has 1 atom stereocenters. The summed E-state index contributed by atoms with van der Waals surface area (Å²) in [4.78, 5) is 12.4. The highest BCUT2D eigenvalue weighted by molar-refractivity contribution is 6.32. The molecule has 2 N–H and O–H groups in total. The molecule has 0 radical (unpaired) electrons. The van der Waals surface area contributed by atoms with Gasteiger partial charge in [0.25, 0.3) is 5.91 Å². The van der Waals surface area contributed by atoms with Crippen LogP contribution in [0.2, 0.25) is 5.02 Å². The number of methoxy groups -OCH3 is 1. The molecule has 130 valence electrons. The molecule has 0 saturated carbocycles. The number of carbonyl (C=O) groups is 1. The number of ether oxygens (including phenoxy) is 2. The number of carbonyl (C=O) groups excluding carboxylic acids is 1. The minimum Gasteiger partial charge on any atom is -0.487 e. The summed E-state index contributed by atoms with van der Waals surface area (Å²) in [6.07, 6.45) is 1.17. The summed E-state index contributed by atoms with van der Waals surface area (Å²) < 4.78 is 11.2. The minimum atomic E-state index is -0.727. The standard InChI is InChI=1S/C16H23ClN2O3.ClH/c1-12(22-14-6-4-3-5-13(14)17)11-19-15(20)16(21-2)7-9-18-10-8-16;/h3-6,12,18H,7-11H2,1-2H3,(H,19,20);1H. The highest BCUT2D eigenvalue weighted by Crippen LogP contribution is 2.25. The average molecular weight is 363 g/mol. The van der Waals surface area contributed by atoms with E-state index in [1.54, 1.807) is 13.2 Å². The van der Waals surface area contributed by atoms with Gasteiger partial charge in [0.1, 0.15) is 17.5 Å². The molecular weight excluding hydrogens is 339 g/mol. The maximum absolute atomic E-state index is 12.4. The van der Waals surface area contributed by atoms with Gasteiger partial charge in [-0.15, -0.1) is 12.4 Å². The van der Waals surface area contributed by atoms with E-state index in [0.717, 1.165) is 13.1 Å². The van der Waals surface area contributed by atoms with Gasteiger partial charge in [0.2, 0.25) is 0 Å². The zero-order chi connectivity index (χ0) is 16.0. The molecule has 0 bridgehead atoms. The van der Waals surface area contributed by atoms with Gasteiger partial charge in [-0.25, -0.2) is 0 Å². The summed E-state index contributed by atoms with van der Waals surface area (Å²) in [6.45, 7) is 3.87. The zero-order valence-corrected chi connectivity index (χ0v) is 15.0. The van der Waals surface area contributed by atoms with Crippen LogP contribution in [-0.2, 0) is 9.53 Å². The Bertz CT molecular complexity index is 508. The molecule has 0 spiro atoms. The van der Waals surface area contributed by atoms with E-state index in [4.69, 9.17) is 21.1 Å². The number of nitrogens with one attached hydrogen (secondary N) is 2. The van der Waals surface area contributed by atoms with E-state index in [-0.39, 0.29) is 24.4 Å². The summed E-state index contributed by atoms with van der Waals surface area (Å²) >= 11 is 6.06. The van der Waals surface area contributed by atoms with Crippen molar-refractivity contribution >= 4 is 29.9 Å². The van der Waals surface area contributed by atoms with Crippen LogP contribution in [0.1, 0.15) is 19.8 Å². The van der Waals surface area contributed by atoms with E-state index < -0.39 is 5.60 Å². The number of benzene rings is 1. The van der Waals surface area contributed by atoms with Crippen LogP contribution in [0.15, 0.2) is 24.3 Å². The van der Waals surface area contributed by atoms with E-state index in [0.29, 0.717) is 30.2 Å². The number of halogens is 2. The highest BCUT2D eigenvalue weighted by Gasteiger charge is 2.39. The third kappa shape index (κ3) is 5.24. The molecule has 0 aliphatic carbocycles. The van der Waals surface area contributed by atoms with E-state index in [9.17, 15) is 4.79 Å². The molecule has 0 aromatic heterocycles. The Morgan fingerprint density at radius 2 is 2.04 bits per heavy atom. The lowest BCUT2D eigenvalue weighted by molar-refractivity contribution is -0.147. The van der Waals surface area contributed by atoms with Gasteiger partial charge in [0.15, 0.2) is 0 Å². The van der Waals surface area contributed by atoms with Crippen LogP contribution in [0.3, 0.4) is 0 Å². The Morgan fingerprint density at radius 1 is 1.39 bits per heavy atom. The van der Waals surface area contributed by atoms with Crippen molar-refractivity contribution in [3.63, 3.8) is 0 Å². The zero-order valence-electron chi connectivity index (χ0n) is 13.4. The molecule has 1 unspecified atom stereocenters. The summed E-state index contributed by atoms with van der Waals surface area (Å²) in [7, 11) is 1.59. The van der Waals surface area contributed by atoms with Crippen molar-refractivity contribution in [3.05, 3.63) is 29.3 Å². The molecule has 1 saturated heterocycles. The Hall–Kier alpha value is -1.01. The van der Waals surface area contributed by atoms with Crippen LogP contribution in [-0.4, -0.2) is 44.4 Å². The molecule has 1 aromatic rings. The molecule has 1 amide bonds. The number of hydrogen-bond acceptors (Lipinski definition) is 4. The minimum absolute atomic E-state index is 0. The predicted octanol–water partition coefficient (Wildman–Crippen LogP) is 2.41. The number of piperidine rings is 1. The molecule has 5 nitrogen and oxygen atoms in total. The Kier molecular flexibility index (Phi) is 8.12. The maximum atomic E-state index is 12.4. The van der Waals surface area contributed by atoms with Crippen LogP contribution in [0, 0.1) is 0 Å². The van der Waals surface area contributed by atoms with Gasteiger partial charge in [-0.2, -0.15) is 0 Å². The number of rotatable bonds is 6. The van der Waals surface area contributed by atoms with Gasteiger partial charge in [0, 0.05) is 7.11 Å². The topological polar surface area (TPSA) is 59.6 Å². The second kappa shape index (κ2) is 9.33. The van der Waals surface area contributed by atoms with Crippen LogP contribution < -0.4 is 15.4 Å². The fraction of sp³-hybridized carbons (Fsp3) is 0.562. The molecule has 23 heavy (non-hydrogen) atoms. The first kappa shape index (κ1) is 20.0. The van der Waals surface area contributed by atoms with Gasteiger partial charge in [-0.05, 0) is 45.0 Å².